The maximum Gasteiger partial charge on any atom is 0.253 e. The highest BCUT2D eigenvalue weighted by Gasteiger charge is 2.49. The molecule has 1 saturated carbocycles. The second kappa shape index (κ2) is 7.71. The normalized spacial score (nSPS) is 20.6. The lowest BCUT2D eigenvalue weighted by Gasteiger charge is -2.31. The van der Waals surface area contributed by atoms with Crippen LogP contribution in [0.4, 0.5) is 5.69 Å². The van der Waals surface area contributed by atoms with Crippen molar-refractivity contribution in [2.75, 3.05) is 4.90 Å². The molecule has 4 rings (SSSR count). The molecule has 0 spiro atoms. The van der Waals surface area contributed by atoms with Crippen LogP contribution in [-0.4, -0.2) is 36.6 Å². The lowest BCUT2D eigenvalue weighted by molar-refractivity contribution is -0.122. The SMILES string of the molecule is N#Cc1ccc(N2C(=O)CC(N(C3CCCC3)S(=O)(=O)c3cccs3)C2=O)cc1. The Morgan fingerprint density at radius 3 is 2.38 bits per heavy atom. The van der Waals surface area contributed by atoms with E-state index in [2.05, 4.69) is 0 Å². The summed E-state index contributed by atoms with van der Waals surface area (Å²) in [6, 6.07) is 9.97. The number of imide groups is 1. The van der Waals surface area contributed by atoms with Crippen LogP contribution in [0.3, 0.4) is 0 Å². The number of hydrogen-bond acceptors (Lipinski definition) is 6. The summed E-state index contributed by atoms with van der Waals surface area (Å²) in [6.07, 6.45) is 2.98. The van der Waals surface area contributed by atoms with Crippen molar-refractivity contribution in [3.63, 3.8) is 0 Å². The Morgan fingerprint density at radius 1 is 1.10 bits per heavy atom. The third-order valence-electron chi connectivity index (χ3n) is 5.40. The lowest BCUT2D eigenvalue weighted by Crippen LogP contribution is -2.49. The molecule has 1 aromatic carbocycles. The number of nitriles is 1. The zero-order valence-electron chi connectivity index (χ0n) is 15.5. The van der Waals surface area contributed by atoms with Crippen molar-refractivity contribution in [1.82, 2.24) is 4.31 Å². The number of anilines is 1. The monoisotopic (exact) mass is 429 g/mol. The topological polar surface area (TPSA) is 98.5 Å². The Morgan fingerprint density at radius 2 is 1.79 bits per heavy atom. The molecule has 9 heteroatoms. The summed E-state index contributed by atoms with van der Waals surface area (Å²) < 4.78 is 28.2. The molecular formula is C20H19N3O4S2. The van der Waals surface area contributed by atoms with Crippen molar-refractivity contribution in [1.29, 1.82) is 5.26 Å². The van der Waals surface area contributed by atoms with E-state index in [9.17, 15) is 18.0 Å². The Kier molecular flexibility index (Phi) is 5.25. The van der Waals surface area contributed by atoms with Gasteiger partial charge in [-0.15, -0.1) is 11.3 Å². The molecule has 2 heterocycles. The first-order chi connectivity index (χ1) is 13.9. The Labute approximate surface area is 173 Å². The van der Waals surface area contributed by atoms with Crippen LogP contribution in [0.1, 0.15) is 37.7 Å². The van der Waals surface area contributed by atoms with Gasteiger partial charge in [0.1, 0.15) is 10.3 Å². The first-order valence-electron chi connectivity index (χ1n) is 9.37. The molecule has 0 N–H and O–H groups in total. The predicted molar refractivity (Wildman–Crippen MR) is 108 cm³/mol. The van der Waals surface area contributed by atoms with Gasteiger partial charge in [-0.2, -0.15) is 9.57 Å². The van der Waals surface area contributed by atoms with Gasteiger partial charge in [0.15, 0.2) is 0 Å². The van der Waals surface area contributed by atoms with Gasteiger partial charge in [-0.05, 0) is 48.6 Å². The molecule has 1 aliphatic carbocycles. The van der Waals surface area contributed by atoms with E-state index in [1.807, 2.05) is 6.07 Å². The van der Waals surface area contributed by atoms with Gasteiger partial charge in [-0.3, -0.25) is 9.59 Å². The fraction of sp³-hybridized carbons (Fsp3) is 0.350. The van der Waals surface area contributed by atoms with Gasteiger partial charge in [-0.1, -0.05) is 18.9 Å². The Bertz CT molecular complexity index is 1070. The van der Waals surface area contributed by atoms with Crippen molar-refractivity contribution >= 4 is 38.9 Å². The standard InChI is InChI=1S/C20H19N3O4S2/c21-13-14-7-9-15(10-8-14)22-18(24)12-17(20(22)25)23(16-4-1-2-5-16)29(26,27)19-6-3-11-28-19/h3,6-11,16-17H,1-2,4-5,12H2. The molecule has 1 unspecified atom stereocenters. The molecule has 29 heavy (non-hydrogen) atoms. The van der Waals surface area contributed by atoms with Crippen LogP contribution in [0.2, 0.25) is 0 Å². The number of benzene rings is 1. The van der Waals surface area contributed by atoms with Gasteiger partial charge in [0.05, 0.1) is 23.7 Å². The lowest BCUT2D eigenvalue weighted by atomic mass is 10.1. The number of rotatable bonds is 5. The van der Waals surface area contributed by atoms with Crippen molar-refractivity contribution < 1.29 is 18.0 Å². The summed E-state index contributed by atoms with van der Waals surface area (Å²) in [5.41, 5.74) is 0.763. The Balaban J connectivity index is 1.71. The maximum atomic E-state index is 13.4. The molecule has 1 saturated heterocycles. The molecule has 2 aliphatic rings. The van der Waals surface area contributed by atoms with Crippen LogP contribution in [0.25, 0.3) is 0 Å². The highest BCUT2D eigenvalue weighted by atomic mass is 32.2. The van der Waals surface area contributed by atoms with Gasteiger partial charge in [0, 0.05) is 6.04 Å². The van der Waals surface area contributed by atoms with Crippen LogP contribution >= 0.6 is 11.3 Å². The maximum absolute atomic E-state index is 13.4. The molecular weight excluding hydrogens is 410 g/mol. The molecule has 1 atom stereocenters. The number of nitrogens with zero attached hydrogens (tertiary/aromatic N) is 3. The molecule has 150 valence electrons. The summed E-state index contributed by atoms with van der Waals surface area (Å²) in [7, 11) is -3.89. The van der Waals surface area contributed by atoms with Crippen LogP contribution in [-0.2, 0) is 19.6 Å². The van der Waals surface area contributed by atoms with Crippen LogP contribution < -0.4 is 4.90 Å². The molecule has 2 fully saturated rings. The molecule has 7 nitrogen and oxygen atoms in total. The van der Waals surface area contributed by atoms with Crippen molar-refractivity contribution in [3.8, 4) is 6.07 Å². The average Bonchev–Trinajstić information content (AvgIpc) is 3.46. The molecule has 0 bridgehead atoms. The number of carbonyl (C=O) groups excluding carboxylic acids is 2. The number of amides is 2. The zero-order valence-corrected chi connectivity index (χ0v) is 17.2. The van der Waals surface area contributed by atoms with Gasteiger partial charge >= 0.3 is 0 Å². The van der Waals surface area contributed by atoms with E-state index in [4.69, 9.17) is 5.26 Å². The van der Waals surface area contributed by atoms with E-state index in [-0.39, 0.29) is 16.7 Å². The summed E-state index contributed by atoms with van der Waals surface area (Å²) in [5.74, 6) is -0.971. The third kappa shape index (κ3) is 3.48. The Hall–Kier alpha value is -2.54. The molecule has 0 radical (unpaired) electrons. The van der Waals surface area contributed by atoms with E-state index in [0.29, 0.717) is 24.1 Å². The van der Waals surface area contributed by atoms with Crippen molar-refractivity contribution in [3.05, 3.63) is 47.3 Å². The fourth-order valence-corrected chi connectivity index (χ4v) is 6.98. The summed E-state index contributed by atoms with van der Waals surface area (Å²) >= 11 is 1.11. The highest BCUT2D eigenvalue weighted by molar-refractivity contribution is 7.91. The minimum Gasteiger partial charge on any atom is -0.274 e. The molecule has 2 amide bonds. The van der Waals surface area contributed by atoms with Crippen LogP contribution in [0, 0.1) is 11.3 Å². The average molecular weight is 430 g/mol. The van der Waals surface area contributed by atoms with Crippen molar-refractivity contribution in [2.24, 2.45) is 0 Å². The first kappa shape index (κ1) is 19.8. The third-order valence-corrected chi connectivity index (χ3v) is 8.73. The summed E-state index contributed by atoms with van der Waals surface area (Å²) in [4.78, 5) is 27.0. The van der Waals surface area contributed by atoms with E-state index < -0.39 is 27.9 Å². The smallest absolute Gasteiger partial charge is 0.253 e. The van der Waals surface area contributed by atoms with Gasteiger partial charge in [0.2, 0.25) is 5.91 Å². The minimum absolute atomic E-state index is 0.181. The zero-order chi connectivity index (χ0) is 20.6. The largest absolute Gasteiger partial charge is 0.274 e. The number of thiophene rings is 1. The first-order valence-corrected chi connectivity index (χ1v) is 11.7. The van der Waals surface area contributed by atoms with Gasteiger partial charge in [0.25, 0.3) is 15.9 Å². The minimum atomic E-state index is -3.89. The number of sulfonamides is 1. The van der Waals surface area contributed by atoms with Gasteiger partial charge < -0.3 is 0 Å². The van der Waals surface area contributed by atoms with Gasteiger partial charge in [-0.25, -0.2) is 13.3 Å². The molecule has 2 aromatic rings. The van der Waals surface area contributed by atoms with E-state index in [1.54, 1.807) is 11.4 Å². The number of hydrogen-bond donors (Lipinski definition) is 0. The molecule has 1 aromatic heterocycles. The van der Waals surface area contributed by atoms with Crippen LogP contribution in [0.15, 0.2) is 46.0 Å². The van der Waals surface area contributed by atoms with Crippen LogP contribution in [0.5, 0.6) is 0 Å². The van der Waals surface area contributed by atoms with E-state index in [0.717, 1.165) is 29.1 Å². The predicted octanol–water partition coefficient (Wildman–Crippen LogP) is 2.89. The second-order valence-corrected chi connectivity index (χ2v) is 10.2. The summed E-state index contributed by atoms with van der Waals surface area (Å²) in [5, 5.41) is 10.6. The number of carbonyl (C=O) groups is 2. The highest BCUT2D eigenvalue weighted by Crippen LogP contribution is 2.36. The fourth-order valence-electron chi connectivity index (χ4n) is 4.06. The van der Waals surface area contributed by atoms with E-state index >= 15 is 0 Å². The van der Waals surface area contributed by atoms with Crippen molar-refractivity contribution in [2.45, 2.75) is 48.4 Å². The summed E-state index contributed by atoms with van der Waals surface area (Å²) in [6.45, 7) is 0. The molecule has 1 aliphatic heterocycles. The van der Waals surface area contributed by atoms with E-state index in [1.165, 1.54) is 34.6 Å². The quantitative estimate of drug-likeness (QED) is 0.681. The second-order valence-electron chi connectivity index (χ2n) is 7.15.